The van der Waals surface area contributed by atoms with E-state index >= 15 is 0 Å². The summed E-state index contributed by atoms with van der Waals surface area (Å²) in [5.74, 6) is 0.00374. The second-order valence-corrected chi connectivity index (χ2v) is 3.74. The topological polar surface area (TPSA) is 55.8 Å². The van der Waals surface area contributed by atoms with Gasteiger partial charge in [-0.1, -0.05) is 13.8 Å². The summed E-state index contributed by atoms with van der Waals surface area (Å²) >= 11 is 3.17. The highest BCUT2D eigenvalue weighted by Crippen LogP contribution is 2.35. The van der Waals surface area contributed by atoms with Crippen LogP contribution in [-0.2, 0) is 16.0 Å². The van der Waals surface area contributed by atoms with Gasteiger partial charge in [0.05, 0.1) is 25.1 Å². The van der Waals surface area contributed by atoms with Crippen molar-refractivity contribution < 1.29 is 19.4 Å². The van der Waals surface area contributed by atoms with Gasteiger partial charge in [0, 0.05) is 0 Å². The monoisotopic (exact) mass is 304 g/mol. The number of carbonyl (C=O) groups is 1. The van der Waals surface area contributed by atoms with Gasteiger partial charge in [0.15, 0.2) is 11.5 Å². The average molecular weight is 305 g/mol. The molecule has 0 saturated carbocycles. The molecule has 1 rings (SSSR count). The van der Waals surface area contributed by atoms with Crippen LogP contribution in [0.15, 0.2) is 16.6 Å². The van der Waals surface area contributed by atoms with Crippen LogP contribution in [0, 0.1) is 0 Å². The molecule has 0 amide bonds. The standard InChI is InChI=1S/C10H11BrO4.C2H6/c1-14-8-4-6(5-9(12)15-2)3-7(11)10(8)13;1-2/h3-4,13H,5H2,1-2H3;1-2H3. The molecular formula is C12H17BrO4. The number of benzene rings is 1. The molecule has 0 bridgehead atoms. The fraction of sp³-hybridized carbons (Fsp3) is 0.417. The molecule has 0 saturated heterocycles. The summed E-state index contributed by atoms with van der Waals surface area (Å²) in [7, 11) is 2.78. The van der Waals surface area contributed by atoms with Crippen molar-refractivity contribution in [2.75, 3.05) is 14.2 Å². The van der Waals surface area contributed by atoms with Gasteiger partial charge in [0.25, 0.3) is 0 Å². The summed E-state index contributed by atoms with van der Waals surface area (Å²) < 4.78 is 9.98. The van der Waals surface area contributed by atoms with Crippen LogP contribution in [0.1, 0.15) is 19.4 Å². The molecule has 0 radical (unpaired) electrons. The molecule has 0 aromatic heterocycles. The van der Waals surface area contributed by atoms with Crippen LogP contribution in [0.3, 0.4) is 0 Å². The third-order valence-corrected chi connectivity index (χ3v) is 2.49. The first-order chi connectivity index (χ1) is 8.08. The van der Waals surface area contributed by atoms with Crippen molar-refractivity contribution in [1.29, 1.82) is 0 Å². The van der Waals surface area contributed by atoms with E-state index in [1.165, 1.54) is 14.2 Å². The lowest BCUT2D eigenvalue weighted by atomic mass is 10.1. The Bertz CT molecular complexity index is 377. The quantitative estimate of drug-likeness (QED) is 0.872. The van der Waals surface area contributed by atoms with Crippen LogP contribution >= 0.6 is 15.9 Å². The molecule has 1 N–H and O–H groups in total. The average Bonchev–Trinajstić information content (AvgIpc) is 2.35. The minimum absolute atomic E-state index is 0.0196. The van der Waals surface area contributed by atoms with Crippen molar-refractivity contribution in [3.63, 3.8) is 0 Å². The van der Waals surface area contributed by atoms with Crippen LogP contribution < -0.4 is 4.74 Å². The van der Waals surface area contributed by atoms with Crippen LogP contribution in [0.2, 0.25) is 0 Å². The van der Waals surface area contributed by atoms with Crippen molar-refractivity contribution in [2.24, 2.45) is 0 Å². The molecule has 96 valence electrons. The van der Waals surface area contributed by atoms with E-state index in [1.807, 2.05) is 13.8 Å². The number of carbonyl (C=O) groups excluding carboxylic acids is 1. The van der Waals surface area contributed by atoms with Gasteiger partial charge in [0.1, 0.15) is 0 Å². The lowest BCUT2D eigenvalue weighted by Gasteiger charge is -2.08. The number of esters is 1. The Morgan fingerprint density at radius 2 is 1.94 bits per heavy atom. The maximum absolute atomic E-state index is 11.0. The minimum Gasteiger partial charge on any atom is -0.503 e. The lowest BCUT2D eigenvalue weighted by Crippen LogP contribution is -2.04. The third-order valence-electron chi connectivity index (χ3n) is 1.88. The van der Waals surface area contributed by atoms with Gasteiger partial charge in [-0.15, -0.1) is 0 Å². The molecule has 5 heteroatoms. The Morgan fingerprint density at radius 1 is 1.35 bits per heavy atom. The zero-order valence-electron chi connectivity index (χ0n) is 10.4. The first-order valence-corrected chi connectivity index (χ1v) is 6.00. The van der Waals surface area contributed by atoms with Crippen LogP contribution in [0.4, 0.5) is 0 Å². The maximum atomic E-state index is 11.0. The normalized spacial score (nSPS) is 9.00. The molecule has 0 unspecified atom stereocenters. The molecule has 0 spiro atoms. The molecule has 0 aliphatic carbocycles. The molecule has 0 fully saturated rings. The molecule has 0 heterocycles. The van der Waals surface area contributed by atoms with Crippen LogP contribution in [0.5, 0.6) is 11.5 Å². The van der Waals surface area contributed by atoms with E-state index in [4.69, 9.17) is 4.74 Å². The summed E-state index contributed by atoms with van der Waals surface area (Å²) in [6.45, 7) is 4.00. The maximum Gasteiger partial charge on any atom is 0.309 e. The molecule has 17 heavy (non-hydrogen) atoms. The summed E-state index contributed by atoms with van der Waals surface area (Å²) in [4.78, 5) is 11.0. The second-order valence-electron chi connectivity index (χ2n) is 2.88. The minimum atomic E-state index is -0.338. The smallest absolute Gasteiger partial charge is 0.309 e. The van der Waals surface area contributed by atoms with Crippen molar-refractivity contribution in [2.45, 2.75) is 20.3 Å². The van der Waals surface area contributed by atoms with E-state index in [2.05, 4.69) is 20.7 Å². The van der Waals surface area contributed by atoms with Crippen molar-refractivity contribution in [3.05, 3.63) is 22.2 Å². The SMILES string of the molecule is CC.COC(=O)Cc1cc(Br)c(O)c(OC)c1. The highest BCUT2D eigenvalue weighted by atomic mass is 79.9. The van der Waals surface area contributed by atoms with Gasteiger partial charge in [-0.3, -0.25) is 4.79 Å². The first kappa shape index (κ1) is 15.8. The first-order valence-electron chi connectivity index (χ1n) is 5.20. The zero-order chi connectivity index (χ0) is 13.4. The molecule has 1 aromatic rings. The fourth-order valence-electron chi connectivity index (χ4n) is 1.12. The van der Waals surface area contributed by atoms with Gasteiger partial charge in [-0.2, -0.15) is 0 Å². The predicted molar refractivity (Wildman–Crippen MR) is 69.4 cm³/mol. The van der Waals surface area contributed by atoms with Gasteiger partial charge < -0.3 is 14.6 Å². The van der Waals surface area contributed by atoms with E-state index in [1.54, 1.807) is 12.1 Å². The number of ether oxygens (including phenoxy) is 2. The molecule has 1 aromatic carbocycles. The Morgan fingerprint density at radius 3 is 2.41 bits per heavy atom. The van der Waals surface area contributed by atoms with E-state index < -0.39 is 0 Å². The van der Waals surface area contributed by atoms with Crippen molar-refractivity contribution in [1.82, 2.24) is 0 Å². The molecular weight excluding hydrogens is 288 g/mol. The molecule has 4 nitrogen and oxygen atoms in total. The fourth-order valence-corrected chi connectivity index (χ4v) is 1.61. The number of rotatable bonds is 3. The molecule has 0 atom stereocenters. The Labute approximate surface area is 110 Å². The van der Waals surface area contributed by atoms with E-state index in [-0.39, 0.29) is 18.1 Å². The summed E-state index contributed by atoms with van der Waals surface area (Å²) in [6.07, 6.45) is 0.145. The highest BCUT2D eigenvalue weighted by Gasteiger charge is 2.11. The van der Waals surface area contributed by atoms with E-state index in [0.29, 0.717) is 15.8 Å². The summed E-state index contributed by atoms with van der Waals surface area (Å²) in [5, 5.41) is 9.53. The number of aromatic hydroxyl groups is 1. The van der Waals surface area contributed by atoms with E-state index in [0.717, 1.165) is 0 Å². The second kappa shape index (κ2) is 7.95. The van der Waals surface area contributed by atoms with Crippen LogP contribution in [0.25, 0.3) is 0 Å². The highest BCUT2D eigenvalue weighted by molar-refractivity contribution is 9.10. The van der Waals surface area contributed by atoms with Crippen molar-refractivity contribution >= 4 is 21.9 Å². The largest absolute Gasteiger partial charge is 0.503 e. The predicted octanol–water partition coefficient (Wildman–Crippen LogP) is 2.91. The third kappa shape index (κ3) is 4.65. The Balaban J connectivity index is 0.00000121. The molecule has 0 aliphatic heterocycles. The van der Waals surface area contributed by atoms with Crippen molar-refractivity contribution in [3.8, 4) is 11.5 Å². The van der Waals surface area contributed by atoms with Gasteiger partial charge in [0.2, 0.25) is 0 Å². The Kier molecular flexibility index (Phi) is 7.37. The van der Waals surface area contributed by atoms with Crippen LogP contribution in [-0.4, -0.2) is 25.3 Å². The number of halogens is 1. The molecule has 0 aliphatic rings. The summed E-state index contributed by atoms with van der Waals surface area (Å²) in [6, 6.07) is 3.24. The van der Waals surface area contributed by atoms with Gasteiger partial charge in [-0.25, -0.2) is 0 Å². The number of phenolic OH excluding ortho intramolecular Hbond substituents is 1. The lowest BCUT2D eigenvalue weighted by molar-refractivity contribution is -0.139. The number of hydrogen-bond acceptors (Lipinski definition) is 4. The number of phenols is 1. The number of methoxy groups -OCH3 is 2. The van der Waals surface area contributed by atoms with Gasteiger partial charge in [-0.05, 0) is 33.6 Å². The van der Waals surface area contributed by atoms with Gasteiger partial charge >= 0.3 is 5.97 Å². The zero-order valence-corrected chi connectivity index (χ0v) is 12.0. The Hall–Kier alpha value is -1.23. The number of hydrogen-bond donors (Lipinski definition) is 1. The van der Waals surface area contributed by atoms with E-state index in [9.17, 15) is 9.90 Å². The summed E-state index contributed by atoms with van der Waals surface area (Å²) in [5.41, 5.74) is 0.711.